The minimum atomic E-state index is -0.179. The SMILES string of the molecule is Cc1ccn(C(=O)[C@@H](C)Br)n1. The molecule has 0 aliphatic rings. The Morgan fingerprint density at radius 3 is 2.82 bits per heavy atom. The van der Waals surface area contributed by atoms with Gasteiger partial charge in [-0.15, -0.1) is 0 Å². The number of aryl methyl sites for hydroxylation is 1. The predicted octanol–water partition coefficient (Wildman–Crippen LogP) is 1.62. The third-order valence-electron chi connectivity index (χ3n) is 1.29. The van der Waals surface area contributed by atoms with E-state index >= 15 is 0 Å². The molecule has 1 atom stereocenters. The monoisotopic (exact) mass is 216 g/mol. The Balaban J connectivity index is 2.85. The third-order valence-corrected chi connectivity index (χ3v) is 1.68. The van der Waals surface area contributed by atoms with Gasteiger partial charge in [0, 0.05) is 6.20 Å². The van der Waals surface area contributed by atoms with E-state index in [9.17, 15) is 4.79 Å². The van der Waals surface area contributed by atoms with E-state index in [1.807, 2.05) is 6.92 Å². The molecule has 0 aromatic carbocycles. The van der Waals surface area contributed by atoms with Gasteiger partial charge in [0.25, 0.3) is 5.91 Å². The molecule has 0 saturated heterocycles. The summed E-state index contributed by atoms with van der Waals surface area (Å²) in [6.45, 7) is 3.63. The zero-order valence-electron chi connectivity index (χ0n) is 6.41. The van der Waals surface area contributed by atoms with Crippen molar-refractivity contribution in [2.45, 2.75) is 18.7 Å². The van der Waals surface area contributed by atoms with E-state index in [0.717, 1.165) is 5.69 Å². The van der Waals surface area contributed by atoms with Crippen LogP contribution < -0.4 is 0 Å². The standard InChI is InChI=1S/C7H9BrN2O/c1-5-3-4-10(9-5)7(11)6(2)8/h3-4,6H,1-2H3/t6-/m1/s1. The van der Waals surface area contributed by atoms with Crippen LogP contribution in [0.3, 0.4) is 0 Å². The fourth-order valence-corrected chi connectivity index (χ4v) is 0.930. The molecule has 0 fully saturated rings. The molecule has 0 bridgehead atoms. The number of aromatic nitrogens is 2. The molecule has 60 valence electrons. The van der Waals surface area contributed by atoms with Gasteiger partial charge < -0.3 is 0 Å². The number of nitrogens with zero attached hydrogens (tertiary/aromatic N) is 2. The van der Waals surface area contributed by atoms with Crippen LogP contribution in [0.25, 0.3) is 0 Å². The van der Waals surface area contributed by atoms with E-state index in [1.54, 1.807) is 19.2 Å². The quantitative estimate of drug-likeness (QED) is 0.670. The highest BCUT2D eigenvalue weighted by Gasteiger charge is 2.11. The number of halogens is 1. The van der Waals surface area contributed by atoms with Gasteiger partial charge in [-0.2, -0.15) is 5.10 Å². The molecule has 1 heterocycles. The fourth-order valence-electron chi connectivity index (χ4n) is 0.720. The Morgan fingerprint density at radius 2 is 2.45 bits per heavy atom. The van der Waals surface area contributed by atoms with Gasteiger partial charge in [-0.05, 0) is 19.9 Å². The number of carbonyl (C=O) groups excluding carboxylic acids is 1. The molecule has 1 aromatic heterocycles. The Labute approximate surface area is 73.5 Å². The van der Waals surface area contributed by atoms with Gasteiger partial charge in [-0.3, -0.25) is 4.79 Å². The van der Waals surface area contributed by atoms with Gasteiger partial charge in [0.2, 0.25) is 0 Å². The molecule has 0 radical (unpaired) electrons. The maximum absolute atomic E-state index is 11.2. The number of rotatable bonds is 1. The predicted molar refractivity (Wildman–Crippen MR) is 46.0 cm³/mol. The second-order valence-corrected chi connectivity index (χ2v) is 3.73. The minimum Gasteiger partial charge on any atom is -0.271 e. The molecule has 3 nitrogen and oxygen atoms in total. The van der Waals surface area contributed by atoms with E-state index in [2.05, 4.69) is 21.0 Å². The van der Waals surface area contributed by atoms with Crippen molar-refractivity contribution in [3.63, 3.8) is 0 Å². The maximum Gasteiger partial charge on any atom is 0.260 e. The number of alkyl halides is 1. The molecule has 0 aliphatic carbocycles. The Morgan fingerprint density at radius 1 is 1.82 bits per heavy atom. The third kappa shape index (κ3) is 1.89. The Bertz CT molecular complexity index is 267. The maximum atomic E-state index is 11.2. The van der Waals surface area contributed by atoms with Crippen LogP contribution in [-0.4, -0.2) is 20.5 Å². The zero-order valence-corrected chi connectivity index (χ0v) is 8.00. The molecule has 1 rings (SSSR count). The molecule has 0 aliphatic heterocycles. The van der Waals surface area contributed by atoms with Gasteiger partial charge >= 0.3 is 0 Å². The molecule has 0 saturated carbocycles. The van der Waals surface area contributed by atoms with Gasteiger partial charge in [0.05, 0.1) is 10.5 Å². The van der Waals surface area contributed by atoms with Crippen LogP contribution in [0.4, 0.5) is 0 Å². The van der Waals surface area contributed by atoms with Crippen LogP contribution in [-0.2, 0) is 0 Å². The number of carbonyl (C=O) groups is 1. The summed E-state index contributed by atoms with van der Waals surface area (Å²) < 4.78 is 1.34. The average Bonchev–Trinajstić information content (AvgIpc) is 2.34. The fraction of sp³-hybridized carbons (Fsp3) is 0.429. The molecule has 11 heavy (non-hydrogen) atoms. The zero-order chi connectivity index (χ0) is 8.43. The van der Waals surface area contributed by atoms with Crippen LogP contribution in [0, 0.1) is 6.92 Å². The lowest BCUT2D eigenvalue weighted by molar-refractivity contribution is 0.0901. The molecular formula is C7H9BrN2O. The van der Waals surface area contributed by atoms with Gasteiger partial charge in [-0.1, -0.05) is 15.9 Å². The van der Waals surface area contributed by atoms with Crippen molar-refractivity contribution in [3.05, 3.63) is 18.0 Å². The molecule has 0 N–H and O–H groups in total. The van der Waals surface area contributed by atoms with Crippen LogP contribution in [0.15, 0.2) is 12.3 Å². The first-order valence-electron chi connectivity index (χ1n) is 3.32. The van der Waals surface area contributed by atoms with Crippen LogP contribution in [0.1, 0.15) is 17.4 Å². The summed E-state index contributed by atoms with van der Waals surface area (Å²) in [5.41, 5.74) is 0.853. The Hall–Kier alpha value is -0.640. The summed E-state index contributed by atoms with van der Waals surface area (Å²) in [5, 5.41) is 3.97. The molecule has 4 heteroatoms. The summed E-state index contributed by atoms with van der Waals surface area (Å²) in [6, 6.07) is 1.80. The van der Waals surface area contributed by atoms with Crippen LogP contribution >= 0.6 is 15.9 Å². The highest BCUT2D eigenvalue weighted by Crippen LogP contribution is 2.02. The van der Waals surface area contributed by atoms with Crippen molar-refractivity contribution in [1.82, 2.24) is 9.78 Å². The van der Waals surface area contributed by atoms with E-state index in [1.165, 1.54) is 4.68 Å². The lowest BCUT2D eigenvalue weighted by atomic mass is 10.4. The number of hydrogen-bond acceptors (Lipinski definition) is 2. The lowest BCUT2D eigenvalue weighted by Crippen LogP contribution is -2.19. The van der Waals surface area contributed by atoms with Crippen molar-refractivity contribution >= 4 is 21.8 Å². The molecule has 0 spiro atoms. The average molecular weight is 217 g/mol. The largest absolute Gasteiger partial charge is 0.271 e. The molecule has 1 aromatic rings. The van der Waals surface area contributed by atoms with Gasteiger partial charge in [-0.25, -0.2) is 4.68 Å². The summed E-state index contributed by atoms with van der Waals surface area (Å²) in [5.74, 6) is -0.0434. The normalized spacial score (nSPS) is 13.0. The molecule has 0 unspecified atom stereocenters. The summed E-state index contributed by atoms with van der Waals surface area (Å²) in [6.07, 6.45) is 1.66. The van der Waals surface area contributed by atoms with E-state index in [-0.39, 0.29) is 10.7 Å². The second kappa shape index (κ2) is 3.17. The molecular weight excluding hydrogens is 208 g/mol. The highest BCUT2D eigenvalue weighted by molar-refractivity contribution is 9.10. The molecule has 0 amide bonds. The van der Waals surface area contributed by atoms with E-state index in [0.29, 0.717) is 0 Å². The minimum absolute atomic E-state index is 0.0434. The van der Waals surface area contributed by atoms with E-state index < -0.39 is 0 Å². The smallest absolute Gasteiger partial charge is 0.260 e. The van der Waals surface area contributed by atoms with Crippen molar-refractivity contribution in [2.75, 3.05) is 0 Å². The topological polar surface area (TPSA) is 34.9 Å². The highest BCUT2D eigenvalue weighted by atomic mass is 79.9. The van der Waals surface area contributed by atoms with Crippen molar-refractivity contribution in [3.8, 4) is 0 Å². The summed E-state index contributed by atoms with van der Waals surface area (Å²) in [4.78, 5) is 11.0. The van der Waals surface area contributed by atoms with Crippen molar-refractivity contribution in [2.24, 2.45) is 0 Å². The first kappa shape index (κ1) is 8.46. The Kier molecular flexibility index (Phi) is 2.44. The van der Waals surface area contributed by atoms with Crippen LogP contribution in [0.2, 0.25) is 0 Å². The van der Waals surface area contributed by atoms with Crippen molar-refractivity contribution < 1.29 is 4.79 Å². The van der Waals surface area contributed by atoms with E-state index in [4.69, 9.17) is 0 Å². The van der Waals surface area contributed by atoms with Gasteiger partial charge in [0.1, 0.15) is 0 Å². The lowest BCUT2D eigenvalue weighted by Gasteiger charge is -2.00. The first-order chi connectivity index (χ1) is 5.11. The van der Waals surface area contributed by atoms with Gasteiger partial charge in [0.15, 0.2) is 0 Å². The summed E-state index contributed by atoms with van der Waals surface area (Å²) >= 11 is 3.18. The first-order valence-corrected chi connectivity index (χ1v) is 4.23. The summed E-state index contributed by atoms with van der Waals surface area (Å²) in [7, 11) is 0. The van der Waals surface area contributed by atoms with Crippen molar-refractivity contribution in [1.29, 1.82) is 0 Å². The van der Waals surface area contributed by atoms with Crippen LogP contribution in [0.5, 0.6) is 0 Å². The number of hydrogen-bond donors (Lipinski definition) is 0. The second-order valence-electron chi connectivity index (χ2n) is 2.36.